The lowest BCUT2D eigenvalue weighted by molar-refractivity contribution is -0.127. The number of nitrogens with one attached hydrogen (secondary N) is 1. The number of thioether (sulfide) groups is 1. The van der Waals surface area contributed by atoms with Crippen LogP contribution >= 0.6 is 27.7 Å². The van der Waals surface area contributed by atoms with Crippen LogP contribution in [0.2, 0.25) is 0 Å². The lowest BCUT2D eigenvalue weighted by atomic mass is 10.1. The second kappa shape index (κ2) is 10.6. The van der Waals surface area contributed by atoms with Gasteiger partial charge in [-0.1, -0.05) is 15.9 Å². The zero-order valence-corrected chi connectivity index (χ0v) is 19.8. The number of halogens is 1. The molecule has 1 aliphatic rings. The second-order valence-corrected chi connectivity index (χ2v) is 8.46. The molecule has 0 bridgehead atoms. The number of hydrogen-bond donors (Lipinski definition) is 2. The molecule has 2 aromatic rings. The van der Waals surface area contributed by atoms with Gasteiger partial charge < -0.3 is 19.9 Å². The highest BCUT2D eigenvalue weighted by molar-refractivity contribution is 9.10. The maximum absolute atomic E-state index is 12.7. The summed E-state index contributed by atoms with van der Waals surface area (Å²) in [6.07, 6.45) is 1.40. The van der Waals surface area contributed by atoms with E-state index in [4.69, 9.17) is 9.47 Å². The van der Waals surface area contributed by atoms with Crippen LogP contribution in [0.4, 0.5) is 10.5 Å². The van der Waals surface area contributed by atoms with Gasteiger partial charge in [0.1, 0.15) is 12.3 Å². The smallest absolute Gasteiger partial charge is 0.294 e. The van der Waals surface area contributed by atoms with E-state index in [2.05, 4.69) is 21.2 Å². The van der Waals surface area contributed by atoms with Crippen LogP contribution in [0, 0.1) is 0 Å². The minimum atomic E-state index is -0.612. The van der Waals surface area contributed by atoms with Crippen molar-refractivity contribution in [3.8, 4) is 17.2 Å². The fourth-order valence-corrected chi connectivity index (χ4v) is 4.18. The highest BCUT2D eigenvalue weighted by Gasteiger charge is 2.36. The second-order valence-electron chi connectivity index (χ2n) is 6.55. The Hall–Kier alpha value is -2.98. The van der Waals surface area contributed by atoms with Crippen LogP contribution in [-0.2, 0) is 9.59 Å². The number of nitrogens with zero attached hydrogens (tertiary/aromatic N) is 1. The fraction of sp³-hybridized carbons (Fsp3) is 0.227. The van der Waals surface area contributed by atoms with E-state index in [9.17, 15) is 19.5 Å². The first-order valence-electron chi connectivity index (χ1n) is 9.75. The Morgan fingerprint density at radius 1 is 1.16 bits per heavy atom. The van der Waals surface area contributed by atoms with Crippen LogP contribution in [-0.4, -0.2) is 46.8 Å². The third kappa shape index (κ3) is 5.63. The van der Waals surface area contributed by atoms with Gasteiger partial charge >= 0.3 is 0 Å². The van der Waals surface area contributed by atoms with Crippen LogP contribution in [0.1, 0.15) is 19.4 Å². The van der Waals surface area contributed by atoms with E-state index in [0.29, 0.717) is 46.4 Å². The van der Waals surface area contributed by atoms with Crippen molar-refractivity contribution in [2.75, 3.05) is 25.1 Å². The summed E-state index contributed by atoms with van der Waals surface area (Å²) in [6, 6.07) is 9.97. The summed E-state index contributed by atoms with van der Waals surface area (Å²) >= 11 is 4.03. The zero-order valence-electron chi connectivity index (χ0n) is 17.4. The molecule has 32 heavy (non-hydrogen) atoms. The number of ether oxygens (including phenoxy) is 2. The largest absolute Gasteiger partial charge is 0.504 e. The van der Waals surface area contributed by atoms with Crippen molar-refractivity contribution < 1.29 is 29.0 Å². The molecule has 1 fully saturated rings. The summed E-state index contributed by atoms with van der Waals surface area (Å²) in [5, 5.41) is 12.5. The zero-order chi connectivity index (χ0) is 23.3. The number of phenols is 1. The average molecular weight is 521 g/mol. The van der Waals surface area contributed by atoms with E-state index in [1.807, 2.05) is 6.92 Å². The minimum Gasteiger partial charge on any atom is -0.504 e. The number of amides is 3. The Morgan fingerprint density at radius 3 is 2.50 bits per heavy atom. The molecule has 168 valence electrons. The lowest BCUT2D eigenvalue weighted by Gasteiger charge is -2.13. The number of carbonyl (C=O) groups excluding carboxylic acids is 3. The van der Waals surface area contributed by atoms with Gasteiger partial charge in [0.25, 0.3) is 11.1 Å². The van der Waals surface area contributed by atoms with Crippen molar-refractivity contribution in [3.63, 3.8) is 0 Å². The molecule has 0 radical (unpaired) electrons. The molecule has 0 saturated carbocycles. The summed E-state index contributed by atoms with van der Waals surface area (Å²) in [7, 11) is 0. The minimum absolute atomic E-state index is 0.0970. The van der Waals surface area contributed by atoms with Gasteiger partial charge in [0.05, 0.1) is 18.1 Å². The predicted octanol–water partition coefficient (Wildman–Crippen LogP) is 4.63. The molecule has 0 aromatic heterocycles. The van der Waals surface area contributed by atoms with Crippen LogP contribution in [0.5, 0.6) is 17.2 Å². The van der Waals surface area contributed by atoms with Gasteiger partial charge in [-0.2, -0.15) is 0 Å². The van der Waals surface area contributed by atoms with Crippen molar-refractivity contribution in [2.45, 2.75) is 13.8 Å². The summed E-state index contributed by atoms with van der Waals surface area (Å²) in [6.45, 7) is 4.11. The number of hydrogen-bond acceptors (Lipinski definition) is 7. The maximum Gasteiger partial charge on any atom is 0.294 e. The molecule has 0 unspecified atom stereocenters. The molecule has 1 heterocycles. The highest BCUT2D eigenvalue weighted by atomic mass is 79.9. The normalized spacial score (nSPS) is 14.7. The molecule has 0 spiro atoms. The molecule has 10 heteroatoms. The third-order valence-electron chi connectivity index (χ3n) is 4.28. The number of phenolic OH excluding ortho intramolecular Hbond substituents is 1. The number of benzene rings is 2. The molecule has 1 saturated heterocycles. The number of rotatable bonds is 8. The summed E-state index contributed by atoms with van der Waals surface area (Å²) in [5.41, 5.74) is 0.829. The molecule has 2 N–H and O–H groups in total. The van der Waals surface area contributed by atoms with E-state index in [0.717, 1.165) is 4.90 Å². The number of anilines is 1. The Bertz CT molecular complexity index is 1070. The Morgan fingerprint density at radius 2 is 1.84 bits per heavy atom. The number of imide groups is 1. The molecule has 1 aliphatic heterocycles. The fourth-order valence-electron chi connectivity index (χ4n) is 2.89. The van der Waals surface area contributed by atoms with Crippen LogP contribution < -0.4 is 14.8 Å². The topological polar surface area (TPSA) is 105 Å². The average Bonchev–Trinajstić information content (AvgIpc) is 3.00. The quantitative estimate of drug-likeness (QED) is 0.488. The molecule has 3 amide bonds. The monoisotopic (exact) mass is 520 g/mol. The summed E-state index contributed by atoms with van der Waals surface area (Å²) in [5.74, 6) is -0.345. The summed E-state index contributed by atoms with van der Waals surface area (Å²) in [4.78, 5) is 38.4. The van der Waals surface area contributed by atoms with E-state index in [1.165, 1.54) is 6.08 Å². The molecular formula is C22H21BrN2O6S. The number of aromatic hydroxyl groups is 1. The summed E-state index contributed by atoms with van der Waals surface area (Å²) < 4.78 is 11.4. The Labute approximate surface area is 197 Å². The molecule has 3 rings (SSSR count). The molecule has 0 aliphatic carbocycles. The highest BCUT2D eigenvalue weighted by Crippen LogP contribution is 2.38. The van der Waals surface area contributed by atoms with E-state index < -0.39 is 23.6 Å². The van der Waals surface area contributed by atoms with E-state index in [-0.39, 0.29) is 16.4 Å². The van der Waals surface area contributed by atoms with Crippen LogP contribution in [0.3, 0.4) is 0 Å². The van der Waals surface area contributed by atoms with Gasteiger partial charge in [-0.15, -0.1) is 0 Å². The first-order chi connectivity index (χ1) is 15.3. The first kappa shape index (κ1) is 23.7. The van der Waals surface area contributed by atoms with Gasteiger partial charge in [-0.25, -0.2) is 0 Å². The van der Waals surface area contributed by atoms with Crippen molar-refractivity contribution in [3.05, 3.63) is 51.3 Å². The number of carbonyl (C=O) groups is 3. The lowest BCUT2D eigenvalue weighted by Crippen LogP contribution is -2.36. The third-order valence-corrected chi connectivity index (χ3v) is 5.65. The van der Waals surface area contributed by atoms with Gasteiger partial charge in [0.15, 0.2) is 11.5 Å². The van der Waals surface area contributed by atoms with Crippen molar-refractivity contribution >= 4 is 56.5 Å². The standard InChI is InChI=1S/C22H21BrN2O6S/c1-3-30-16-7-5-15(6-8-16)24-19(26)12-25-21(28)18(32-22(25)29)10-13-9-14(23)11-17(20(13)27)31-4-2/h5-11,27H,3-4,12H2,1-2H3,(H,24,26)/b18-10+. The van der Waals surface area contributed by atoms with Gasteiger partial charge in [-0.3, -0.25) is 19.3 Å². The van der Waals surface area contributed by atoms with Crippen molar-refractivity contribution in [1.82, 2.24) is 4.90 Å². The van der Waals surface area contributed by atoms with Gasteiger partial charge in [0, 0.05) is 15.7 Å². The van der Waals surface area contributed by atoms with Crippen molar-refractivity contribution in [1.29, 1.82) is 0 Å². The predicted molar refractivity (Wildman–Crippen MR) is 126 cm³/mol. The molecule has 0 atom stereocenters. The Kier molecular flexibility index (Phi) is 7.81. The van der Waals surface area contributed by atoms with Crippen LogP contribution in [0.15, 0.2) is 45.8 Å². The molecule has 8 nitrogen and oxygen atoms in total. The van der Waals surface area contributed by atoms with E-state index >= 15 is 0 Å². The Balaban J connectivity index is 1.71. The van der Waals surface area contributed by atoms with Crippen molar-refractivity contribution in [2.24, 2.45) is 0 Å². The van der Waals surface area contributed by atoms with Crippen LogP contribution in [0.25, 0.3) is 6.08 Å². The van der Waals surface area contributed by atoms with E-state index in [1.54, 1.807) is 43.3 Å². The molecular weight excluding hydrogens is 500 g/mol. The van der Waals surface area contributed by atoms with Gasteiger partial charge in [-0.05, 0) is 68.1 Å². The first-order valence-corrected chi connectivity index (χ1v) is 11.4. The molecule has 2 aromatic carbocycles. The van der Waals surface area contributed by atoms with Gasteiger partial charge in [0.2, 0.25) is 5.91 Å². The maximum atomic E-state index is 12.7. The SMILES string of the molecule is CCOc1ccc(NC(=O)CN2C(=O)S/C(=C/c3cc(Br)cc(OCC)c3O)C2=O)cc1.